The molecule has 0 radical (unpaired) electrons. The van der Waals surface area contributed by atoms with Crippen molar-refractivity contribution in [2.75, 3.05) is 69.7 Å². The smallest absolute Gasteiger partial charge is 0.338 e. The van der Waals surface area contributed by atoms with Crippen molar-refractivity contribution in [1.29, 1.82) is 0 Å². The Kier molecular flexibility index (Phi) is 10.1. The van der Waals surface area contributed by atoms with Gasteiger partial charge < -0.3 is 24.6 Å². The Labute approximate surface area is 240 Å². The van der Waals surface area contributed by atoms with Crippen LogP contribution in [0.4, 0.5) is 11.4 Å². The summed E-state index contributed by atoms with van der Waals surface area (Å²) in [6, 6.07) is 13.0. The number of carbonyl (C=O) groups excluding carboxylic acids is 3. The van der Waals surface area contributed by atoms with E-state index in [1.807, 2.05) is 24.0 Å². The van der Waals surface area contributed by atoms with Gasteiger partial charge in [-0.25, -0.2) is 4.79 Å². The van der Waals surface area contributed by atoms with Crippen LogP contribution in [0.2, 0.25) is 0 Å². The van der Waals surface area contributed by atoms with Crippen LogP contribution in [0.15, 0.2) is 48.5 Å². The van der Waals surface area contributed by atoms with E-state index in [4.69, 9.17) is 21.7 Å². The molecule has 11 heteroatoms. The summed E-state index contributed by atoms with van der Waals surface area (Å²) >= 11 is 5.81. The van der Waals surface area contributed by atoms with E-state index in [-0.39, 0.29) is 24.8 Å². The summed E-state index contributed by atoms with van der Waals surface area (Å²) in [7, 11) is 2.11. The van der Waals surface area contributed by atoms with E-state index < -0.39 is 12.0 Å². The maximum absolute atomic E-state index is 13.7. The summed E-state index contributed by atoms with van der Waals surface area (Å²) in [6.45, 7) is 9.63. The van der Waals surface area contributed by atoms with Crippen molar-refractivity contribution in [3.05, 3.63) is 54.1 Å². The van der Waals surface area contributed by atoms with E-state index in [9.17, 15) is 14.4 Å². The minimum atomic E-state index is -0.731. The zero-order valence-corrected chi connectivity index (χ0v) is 24.1. The summed E-state index contributed by atoms with van der Waals surface area (Å²) in [5.74, 6) is -0.264. The molecule has 214 valence electrons. The van der Waals surface area contributed by atoms with Crippen LogP contribution in [0, 0.1) is 0 Å². The highest BCUT2D eigenvalue weighted by Crippen LogP contribution is 2.29. The molecular formula is C29H37N5O5S. The predicted octanol–water partition coefficient (Wildman–Crippen LogP) is 2.84. The molecule has 0 saturated carbocycles. The number of likely N-dealkylation sites (N-methyl/N-ethyl adjacent to an activating group) is 1. The van der Waals surface area contributed by atoms with Crippen molar-refractivity contribution in [3.63, 3.8) is 0 Å². The Balaban J connectivity index is 1.47. The van der Waals surface area contributed by atoms with E-state index in [0.717, 1.165) is 32.7 Å². The molecule has 1 atom stereocenters. The average molecular weight is 568 g/mol. The molecule has 1 N–H and O–H groups in total. The average Bonchev–Trinajstić information content (AvgIpc) is 3.17. The predicted molar refractivity (Wildman–Crippen MR) is 158 cm³/mol. The first-order valence-corrected chi connectivity index (χ1v) is 14.1. The van der Waals surface area contributed by atoms with Gasteiger partial charge in [0.05, 0.1) is 30.9 Å². The van der Waals surface area contributed by atoms with Gasteiger partial charge >= 0.3 is 5.97 Å². The van der Waals surface area contributed by atoms with Crippen LogP contribution in [0.1, 0.15) is 30.6 Å². The normalized spacial score (nSPS) is 18.2. The number of esters is 1. The fourth-order valence-electron chi connectivity index (χ4n) is 4.80. The molecule has 2 aliphatic rings. The fourth-order valence-corrected chi connectivity index (χ4v) is 5.21. The molecule has 40 heavy (non-hydrogen) atoms. The summed E-state index contributed by atoms with van der Waals surface area (Å²) in [5.41, 5.74) is 1.57. The van der Waals surface area contributed by atoms with Crippen molar-refractivity contribution in [1.82, 2.24) is 14.7 Å². The van der Waals surface area contributed by atoms with Crippen molar-refractivity contribution in [2.45, 2.75) is 26.3 Å². The first kappa shape index (κ1) is 29.4. The summed E-state index contributed by atoms with van der Waals surface area (Å²) in [5, 5.41) is 3.23. The Hall–Kier alpha value is -3.54. The van der Waals surface area contributed by atoms with Gasteiger partial charge in [0.25, 0.3) is 5.91 Å². The molecule has 4 rings (SSSR count). The van der Waals surface area contributed by atoms with Crippen LogP contribution in [0.25, 0.3) is 0 Å². The lowest BCUT2D eigenvalue weighted by Gasteiger charge is -2.34. The molecule has 0 aliphatic carbocycles. The molecule has 0 spiro atoms. The quantitative estimate of drug-likeness (QED) is 0.325. The molecule has 2 heterocycles. The Morgan fingerprint density at radius 2 is 1.62 bits per heavy atom. The zero-order valence-electron chi connectivity index (χ0n) is 23.3. The number of piperazine rings is 1. The molecule has 0 aromatic heterocycles. The van der Waals surface area contributed by atoms with Crippen LogP contribution in [-0.4, -0.2) is 103 Å². The molecule has 10 nitrogen and oxygen atoms in total. The Morgan fingerprint density at radius 1 is 0.950 bits per heavy atom. The largest absolute Gasteiger partial charge is 0.494 e. The van der Waals surface area contributed by atoms with Crippen molar-refractivity contribution < 1.29 is 23.9 Å². The second-order valence-corrected chi connectivity index (χ2v) is 10.2. The van der Waals surface area contributed by atoms with Crippen LogP contribution in [0.3, 0.4) is 0 Å². The van der Waals surface area contributed by atoms with E-state index in [2.05, 4.69) is 22.2 Å². The highest BCUT2D eigenvalue weighted by Gasteiger charge is 2.44. The number of ether oxygens (including phenoxy) is 2. The molecular weight excluding hydrogens is 530 g/mol. The van der Waals surface area contributed by atoms with E-state index >= 15 is 0 Å². The maximum atomic E-state index is 13.7. The van der Waals surface area contributed by atoms with Gasteiger partial charge in [-0.2, -0.15) is 0 Å². The zero-order chi connectivity index (χ0) is 28.6. The minimum absolute atomic E-state index is 0.0606. The third-order valence-electron chi connectivity index (χ3n) is 7.04. The SMILES string of the molecule is CCOC(=O)c1ccc(NC(=O)C[C@@H]2C(=O)N(c3ccc(OCC)cc3)C(=S)N2CCN2CCN(C)CC2)cc1. The molecule has 0 unspecified atom stereocenters. The second-order valence-electron chi connectivity index (χ2n) is 9.79. The second kappa shape index (κ2) is 13.7. The van der Waals surface area contributed by atoms with Gasteiger partial charge in [0.15, 0.2) is 5.11 Å². The van der Waals surface area contributed by atoms with Gasteiger partial charge in [-0.15, -0.1) is 0 Å². The number of carbonyl (C=O) groups is 3. The van der Waals surface area contributed by atoms with Crippen molar-refractivity contribution in [2.24, 2.45) is 0 Å². The van der Waals surface area contributed by atoms with Crippen molar-refractivity contribution in [3.8, 4) is 5.75 Å². The Bertz CT molecular complexity index is 1200. The van der Waals surface area contributed by atoms with Gasteiger partial charge in [0, 0.05) is 45.0 Å². The number of anilines is 2. The van der Waals surface area contributed by atoms with E-state index in [0.29, 0.717) is 41.0 Å². The first-order chi connectivity index (χ1) is 19.3. The number of hydrogen-bond acceptors (Lipinski definition) is 8. The molecule has 0 bridgehead atoms. The van der Waals surface area contributed by atoms with Crippen LogP contribution >= 0.6 is 12.2 Å². The van der Waals surface area contributed by atoms with Gasteiger partial charge in [-0.3, -0.25) is 19.4 Å². The van der Waals surface area contributed by atoms with E-state index in [1.54, 1.807) is 43.3 Å². The number of benzene rings is 2. The third kappa shape index (κ3) is 7.15. The van der Waals surface area contributed by atoms with Gasteiger partial charge in [0.2, 0.25) is 5.91 Å². The lowest BCUT2D eigenvalue weighted by molar-refractivity contribution is -0.124. The number of thiocarbonyl (C=S) groups is 1. The molecule has 2 fully saturated rings. The monoisotopic (exact) mass is 567 g/mol. The Morgan fingerprint density at radius 3 is 2.25 bits per heavy atom. The third-order valence-corrected chi connectivity index (χ3v) is 7.45. The van der Waals surface area contributed by atoms with Crippen LogP contribution in [0.5, 0.6) is 5.75 Å². The lowest BCUT2D eigenvalue weighted by Crippen LogP contribution is -2.48. The molecule has 2 aromatic carbocycles. The highest BCUT2D eigenvalue weighted by atomic mass is 32.1. The van der Waals surface area contributed by atoms with Crippen LogP contribution in [-0.2, 0) is 14.3 Å². The fraction of sp³-hybridized carbons (Fsp3) is 0.448. The highest BCUT2D eigenvalue weighted by molar-refractivity contribution is 7.80. The van der Waals surface area contributed by atoms with Gasteiger partial charge in [0.1, 0.15) is 11.8 Å². The first-order valence-electron chi connectivity index (χ1n) is 13.7. The standard InChI is InChI=1S/C29H37N5O5S/c1-4-38-24-12-10-23(11-13-24)34-27(36)25(33(29(34)40)19-18-32-16-14-31(3)15-17-32)20-26(35)30-22-8-6-21(7-9-22)28(37)39-5-2/h6-13,25H,4-5,14-20H2,1-3H3,(H,30,35)/t25-/m1/s1. The molecule has 2 saturated heterocycles. The maximum Gasteiger partial charge on any atom is 0.338 e. The summed E-state index contributed by atoms with van der Waals surface area (Å²) < 4.78 is 10.5. The molecule has 2 aliphatic heterocycles. The van der Waals surface area contributed by atoms with Gasteiger partial charge in [-0.1, -0.05) is 0 Å². The summed E-state index contributed by atoms with van der Waals surface area (Å²) in [4.78, 5) is 46.8. The minimum Gasteiger partial charge on any atom is -0.494 e. The topological polar surface area (TPSA) is 94.7 Å². The number of hydrogen-bond donors (Lipinski definition) is 1. The summed E-state index contributed by atoms with van der Waals surface area (Å²) in [6.07, 6.45) is -0.0606. The number of amides is 2. The van der Waals surface area contributed by atoms with E-state index in [1.165, 1.54) is 4.90 Å². The molecule has 2 amide bonds. The van der Waals surface area contributed by atoms with Crippen molar-refractivity contribution >= 4 is 46.5 Å². The molecule has 2 aromatic rings. The number of rotatable bonds is 11. The lowest BCUT2D eigenvalue weighted by atomic mass is 10.1. The van der Waals surface area contributed by atoms with Gasteiger partial charge in [-0.05, 0) is 81.6 Å². The van der Waals surface area contributed by atoms with Crippen LogP contribution < -0.4 is 15.0 Å². The number of nitrogens with zero attached hydrogens (tertiary/aromatic N) is 4. The number of nitrogens with one attached hydrogen (secondary N) is 1.